The van der Waals surface area contributed by atoms with E-state index in [-0.39, 0.29) is 11.5 Å². The Morgan fingerprint density at radius 1 is 1.14 bits per heavy atom. The van der Waals surface area contributed by atoms with Crippen molar-refractivity contribution in [1.29, 1.82) is 0 Å². The van der Waals surface area contributed by atoms with Gasteiger partial charge in [-0.25, -0.2) is 14.6 Å². The molecule has 1 aliphatic heterocycles. The van der Waals surface area contributed by atoms with E-state index in [0.29, 0.717) is 23.1 Å². The molecule has 0 unspecified atom stereocenters. The van der Waals surface area contributed by atoms with Crippen LogP contribution in [0.4, 0.5) is 0 Å². The Morgan fingerprint density at radius 3 is 2.45 bits per heavy atom. The third-order valence-electron chi connectivity index (χ3n) is 4.41. The van der Waals surface area contributed by atoms with Crippen LogP contribution >= 0.6 is 11.8 Å². The van der Waals surface area contributed by atoms with E-state index in [1.54, 1.807) is 31.2 Å². The van der Waals surface area contributed by atoms with Gasteiger partial charge in [-0.3, -0.25) is 0 Å². The first-order chi connectivity index (χ1) is 14.0. The smallest absolute Gasteiger partial charge is 0.338 e. The minimum Gasteiger partial charge on any atom is -0.478 e. The molecule has 2 N–H and O–H groups in total. The number of esters is 1. The largest absolute Gasteiger partial charge is 0.478 e. The van der Waals surface area contributed by atoms with Gasteiger partial charge in [-0.1, -0.05) is 54.2 Å². The summed E-state index contributed by atoms with van der Waals surface area (Å²) in [5.41, 5.74) is 3.39. The topological polar surface area (TPSA) is 88.0 Å². The molecule has 2 aromatic carbocycles. The first kappa shape index (κ1) is 20.7. The molecule has 1 heterocycles. The normalized spacial score (nSPS) is 16.1. The van der Waals surface area contributed by atoms with Gasteiger partial charge in [0.25, 0.3) is 0 Å². The van der Waals surface area contributed by atoms with Crippen LogP contribution in [0.2, 0.25) is 0 Å². The molecule has 0 saturated heterocycles. The number of benzene rings is 2. The molecule has 150 valence electrons. The quantitative estimate of drug-likeness (QED) is 0.696. The predicted molar refractivity (Wildman–Crippen MR) is 114 cm³/mol. The Hall–Kier alpha value is -3.06. The van der Waals surface area contributed by atoms with Crippen LogP contribution in [0.3, 0.4) is 0 Å². The third-order valence-corrected chi connectivity index (χ3v) is 5.36. The molecular formula is C22H22N2O4S. The van der Waals surface area contributed by atoms with E-state index in [1.165, 1.54) is 11.8 Å². The lowest BCUT2D eigenvalue weighted by atomic mass is 9.97. The maximum atomic E-state index is 12.5. The Kier molecular flexibility index (Phi) is 6.72. The summed E-state index contributed by atoms with van der Waals surface area (Å²) in [5.74, 6) is -0.696. The van der Waals surface area contributed by atoms with Crippen molar-refractivity contribution in [2.75, 3.05) is 6.61 Å². The minimum atomic E-state index is -0.944. The number of nitrogens with one attached hydrogen (secondary N) is 1. The zero-order chi connectivity index (χ0) is 20.8. The second kappa shape index (κ2) is 9.43. The van der Waals surface area contributed by atoms with E-state index in [1.807, 2.05) is 37.3 Å². The maximum Gasteiger partial charge on any atom is 0.338 e. The summed E-state index contributed by atoms with van der Waals surface area (Å²) in [6.07, 6.45) is 0. The molecule has 0 radical (unpaired) electrons. The maximum absolute atomic E-state index is 12.5. The SMILES string of the molecule is CCOC(=O)C1=C(C)NC(SCc2ccc(C(=O)O)cc2)=N[C@@H]1c1ccccc1. The predicted octanol–water partition coefficient (Wildman–Crippen LogP) is 4.16. The molecule has 0 saturated carbocycles. The standard InChI is InChI=1S/C22H22N2O4S/c1-3-28-21(27)18-14(2)23-22(24-19(18)16-7-5-4-6-8-16)29-13-15-9-11-17(12-10-15)20(25)26/h4-12,19H,3,13H2,1-2H3,(H,23,24)(H,25,26)/t19-/m1/s1. The molecule has 0 amide bonds. The second-order valence-electron chi connectivity index (χ2n) is 6.42. The number of aromatic carboxylic acids is 1. The number of amidine groups is 1. The van der Waals surface area contributed by atoms with Gasteiger partial charge in [0.1, 0.15) is 6.04 Å². The fraction of sp³-hybridized carbons (Fsp3) is 0.227. The zero-order valence-corrected chi connectivity index (χ0v) is 17.0. The van der Waals surface area contributed by atoms with Gasteiger partial charge < -0.3 is 15.2 Å². The Bertz CT molecular complexity index is 953. The Labute approximate surface area is 173 Å². The van der Waals surface area contributed by atoms with Crippen LogP contribution < -0.4 is 5.32 Å². The molecule has 0 bridgehead atoms. The highest BCUT2D eigenvalue weighted by Gasteiger charge is 2.30. The van der Waals surface area contributed by atoms with Crippen molar-refractivity contribution in [3.8, 4) is 0 Å². The van der Waals surface area contributed by atoms with Crippen molar-refractivity contribution in [1.82, 2.24) is 5.32 Å². The summed E-state index contributed by atoms with van der Waals surface area (Å²) in [5, 5.41) is 12.9. The molecule has 0 aromatic heterocycles. The fourth-order valence-corrected chi connectivity index (χ4v) is 3.87. The number of rotatable bonds is 6. The highest BCUT2D eigenvalue weighted by molar-refractivity contribution is 8.13. The van der Waals surface area contributed by atoms with E-state index >= 15 is 0 Å². The zero-order valence-electron chi connectivity index (χ0n) is 16.2. The second-order valence-corrected chi connectivity index (χ2v) is 7.39. The summed E-state index contributed by atoms with van der Waals surface area (Å²) in [6, 6.07) is 16.0. The molecule has 3 rings (SSSR count). The minimum absolute atomic E-state index is 0.258. The Balaban J connectivity index is 1.81. The lowest BCUT2D eigenvalue weighted by Crippen LogP contribution is -2.30. The number of ether oxygens (including phenoxy) is 1. The molecule has 0 fully saturated rings. The number of nitrogens with zero attached hydrogens (tertiary/aromatic N) is 1. The number of hydrogen-bond acceptors (Lipinski definition) is 6. The highest BCUT2D eigenvalue weighted by atomic mass is 32.2. The van der Waals surface area contributed by atoms with Gasteiger partial charge in [0, 0.05) is 11.4 Å². The van der Waals surface area contributed by atoms with Gasteiger partial charge in [0.2, 0.25) is 0 Å². The van der Waals surface area contributed by atoms with Crippen molar-refractivity contribution >= 4 is 28.9 Å². The van der Waals surface area contributed by atoms with Crippen LogP contribution in [0.15, 0.2) is 70.9 Å². The molecule has 6 nitrogen and oxygen atoms in total. The number of allylic oxidation sites excluding steroid dienone is 1. The molecule has 0 spiro atoms. The summed E-state index contributed by atoms with van der Waals surface area (Å²) in [6.45, 7) is 3.93. The number of carboxylic acids is 1. The van der Waals surface area contributed by atoms with Crippen molar-refractivity contribution < 1.29 is 19.4 Å². The van der Waals surface area contributed by atoms with Gasteiger partial charge in [-0.15, -0.1) is 0 Å². The molecule has 1 atom stereocenters. The lowest BCUT2D eigenvalue weighted by Gasteiger charge is -2.25. The van der Waals surface area contributed by atoms with Gasteiger partial charge in [0.05, 0.1) is 17.7 Å². The Morgan fingerprint density at radius 2 is 1.83 bits per heavy atom. The van der Waals surface area contributed by atoms with E-state index < -0.39 is 12.0 Å². The number of aliphatic imine (C=N–C) groups is 1. The van der Waals surface area contributed by atoms with Crippen LogP contribution in [0.5, 0.6) is 0 Å². The summed E-state index contributed by atoms with van der Waals surface area (Å²) in [7, 11) is 0. The average molecular weight is 410 g/mol. The van der Waals surface area contributed by atoms with Crippen molar-refractivity contribution in [2.45, 2.75) is 25.6 Å². The highest BCUT2D eigenvalue weighted by Crippen LogP contribution is 2.33. The molecular weight excluding hydrogens is 388 g/mol. The van der Waals surface area contributed by atoms with E-state index in [9.17, 15) is 9.59 Å². The summed E-state index contributed by atoms with van der Waals surface area (Å²) < 4.78 is 5.24. The molecule has 2 aromatic rings. The van der Waals surface area contributed by atoms with Gasteiger partial charge in [-0.05, 0) is 37.1 Å². The van der Waals surface area contributed by atoms with Crippen LogP contribution in [-0.2, 0) is 15.3 Å². The van der Waals surface area contributed by atoms with E-state index in [4.69, 9.17) is 14.8 Å². The van der Waals surface area contributed by atoms with Crippen LogP contribution in [0.1, 0.15) is 41.4 Å². The molecule has 29 heavy (non-hydrogen) atoms. The molecule has 1 aliphatic rings. The van der Waals surface area contributed by atoms with Gasteiger partial charge in [-0.2, -0.15) is 0 Å². The first-order valence-corrected chi connectivity index (χ1v) is 10.2. The third kappa shape index (κ3) is 5.06. The van der Waals surface area contributed by atoms with Crippen molar-refractivity contribution in [3.05, 3.63) is 82.6 Å². The molecule has 7 heteroatoms. The van der Waals surface area contributed by atoms with Crippen molar-refractivity contribution in [3.63, 3.8) is 0 Å². The van der Waals surface area contributed by atoms with Crippen LogP contribution in [-0.4, -0.2) is 28.8 Å². The number of thioether (sulfide) groups is 1. The first-order valence-electron chi connectivity index (χ1n) is 9.22. The fourth-order valence-electron chi connectivity index (χ4n) is 2.97. The van der Waals surface area contributed by atoms with Gasteiger partial charge in [0.15, 0.2) is 5.17 Å². The van der Waals surface area contributed by atoms with Gasteiger partial charge >= 0.3 is 11.9 Å². The average Bonchev–Trinajstić information content (AvgIpc) is 2.73. The lowest BCUT2D eigenvalue weighted by molar-refractivity contribution is -0.138. The summed E-state index contributed by atoms with van der Waals surface area (Å²) in [4.78, 5) is 28.3. The number of carbonyl (C=O) groups is 2. The monoisotopic (exact) mass is 410 g/mol. The number of carboxylic acid groups (broad SMARTS) is 1. The summed E-state index contributed by atoms with van der Waals surface area (Å²) >= 11 is 1.50. The van der Waals surface area contributed by atoms with E-state index in [0.717, 1.165) is 16.8 Å². The number of carbonyl (C=O) groups excluding carboxylic acids is 1. The molecule has 0 aliphatic carbocycles. The van der Waals surface area contributed by atoms with Crippen LogP contribution in [0.25, 0.3) is 0 Å². The van der Waals surface area contributed by atoms with Crippen molar-refractivity contribution in [2.24, 2.45) is 4.99 Å². The number of hydrogen-bond donors (Lipinski definition) is 2. The van der Waals surface area contributed by atoms with Crippen LogP contribution in [0, 0.1) is 0 Å². The van der Waals surface area contributed by atoms with E-state index in [2.05, 4.69) is 5.32 Å².